The number of halogens is 3. The number of benzene rings is 2. The Bertz CT molecular complexity index is 1230. The zero-order valence-electron chi connectivity index (χ0n) is 15.7. The number of amides is 3. The molecule has 3 heterocycles. The highest BCUT2D eigenvalue weighted by Gasteiger charge is 2.41. The number of hydrogen-bond donors (Lipinski definition) is 1. The number of fused-ring (bicyclic) bond motifs is 1. The van der Waals surface area contributed by atoms with Crippen LogP contribution in [0.5, 0.6) is 0 Å². The maximum Gasteiger partial charge on any atom is 0.443 e. The van der Waals surface area contributed by atoms with E-state index in [1.165, 1.54) is 11.1 Å². The van der Waals surface area contributed by atoms with Gasteiger partial charge in [-0.25, -0.2) is 9.78 Å². The Morgan fingerprint density at radius 2 is 1.87 bits per heavy atom. The molecule has 1 saturated heterocycles. The van der Waals surface area contributed by atoms with E-state index < -0.39 is 29.2 Å². The van der Waals surface area contributed by atoms with Crippen LogP contribution in [-0.4, -0.2) is 23.1 Å². The van der Waals surface area contributed by atoms with Gasteiger partial charge in [0.15, 0.2) is 5.01 Å². The molecule has 1 unspecified atom stereocenters. The lowest BCUT2D eigenvalue weighted by Crippen LogP contribution is -2.29. The number of carbonyl (C=O) groups is 2. The average Bonchev–Trinajstić information content (AvgIpc) is 3.45. The third kappa shape index (κ3) is 3.38. The quantitative estimate of drug-likeness (QED) is 0.588. The molecule has 3 aromatic rings. The van der Waals surface area contributed by atoms with Crippen molar-refractivity contribution in [2.45, 2.75) is 18.6 Å². The van der Waals surface area contributed by atoms with E-state index in [-0.39, 0.29) is 0 Å². The summed E-state index contributed by atoms with van der Waals surface area (Å²) in [6.07, 6.45) is -0.819. The zero-order chi connectivity index (χ0) is 21.8. The first kappa shape index (κ1) is 19.4. The molecule has 0 radical (unpaired) electrons. The summed E-state index contributed by atoms with van der Waals surface area (Å²) in [5.74, 6) is -0.473. The zero-order valence-corrected chi connectivity index (χ0v) is 16.5. The third-order valence-corrected chi connectivity index (χ3v) is 6.19. The van der Waals surface area contributed by atoms with Crippen LogP contribution in [0.3, 0.4) is 0 Å². The molecule has 0 saturated carbocycles. The van der Waals surface area contributed by atoms with Crippen molar-refractivity contribution >= 4 is 40.9 Å². The molecule has 156 valence electrons. The first-order valence-electron chi connectivity index (χ1n) is 9.24. The van der Waals surface area contributed by atoms with Crippen molar-refractivity contribution in [3.8, 4) is 10.4 Å². The second kappa shape index (κ2) is 7.02. The third-order valence-electron chi connectivity index (χ3n) is 5.10. The summed E-state index contributed by atoms with van der Waals surface area (Å²) in [5, 5.41) is 1.41. The van der Waals surface area contributed by atoms with E-state index in [4.69, 9.17) is 0 Å². The van der Waals surface area contributed by atoms with Crippen LogP contribution < -0.4 is 10.2 Å². The maximum absolute atomic E-state index is 12.8. The summed E-state index contributed by atoms with van der Waals surface area (Å²) in [7, 11) is 0. The number of imide groups is 1. The number of aliphatic imine (C=N–C) groups is 1. The molecule has 1 aromatic heterocycles. The summed E-state index contributed by atoms with van der Waals surface area (Å²) in [6.45, 7) is 0. The minimum absolute atomic E-state index is 0.360. The molecule has 2 aliphatic heterocycles. The number of anilines is 1. The number of thiazole rings is 1. The number of alkyl halides is 3. The van der Waals surface area contributed by atoms with Crippen LogP contribution in [0.1, 0.15) is 22.2 Å². The molecule has 1 N–H and O–H groups in total. The van der Waals surface area contributed by atoms with E-state index in [1.807, 2.05) is 6.07 Å². The topological polar surface area (TPSA) is 74.7 Å². The molecule has 5 rings (SSSR count). The smallest absolute Gasteiger partial charge is 0.277 e. The van der Waals surface area contributed by atoms with Gasteiger partial charge in [-0.3, -0.25) is 20.0 Å². The van der Waals surface area contributed by atoms with Crippen molar-refractivity contribution in [2.24, 2.45) is 4.99 Å². The van der Waals surface area contributed by atoms with Crippen molar-refractivity contribution in [1.82, 2.24) is 10.3 Å². The summed E-state index contributed by atoms with van der Waals surface area (Å²) >= 11 is 0.547. The van der Waals surface area contributed by atoms with E-state index in [9.17, 15) is 22.8 Å². The van der Waals surface area contributed by atoms with E-state index in [1.54, 1.807) is 42.6 Å². The molecule has 6 nitrogen and oxygen atoms in total. The monoisotopic (exact) mass is 442 g/mol. The number of nitrogens with zero attached hydrogens (tertiary/aromatic N) is 3. The van der Waals surface area contributed by atoms with Crippen LogP contribution in [0.15, 0.2) is 53.7 Å². The standard InChI is InChI=1S/C21H13F3N4O2S/c22-21(23,24)19-26-10-16(31-19)12-1-3-13(4-2-12)17-18(29)27-20(30)28(17)14-6-5-11-7-8-25-15(11)9-14/h1-6,8-10,17H,7H2,(H,27,29,30). The molecular weight excluding hydrogens is 429 g/mol. The molecule has 2 aliphatic rings. The Morgan fingerprint density at radius 3 is 2.58 bits per heavy atom. The average molecular weight is 442 g/mol. The van der Waals surface area contributed by atoms with Crippen LogP contribution in [0.2, 0.25) is 0 Å². The molecule has 0 spiro atoms. The lowest BCUT2D eigenvalue weighted by atomic mass is 10.0. The van der Waals surface area contributed by atoms with Crippen molar-refractivity contribution in [3.05, 3.63) is 64.8 Å². The van der Waals surface area contributed by atoms with Crippen LogP contribution >= 0.6 is 11.3 Å². The van der Waals surface area contributed by atoms with Crippen molar-refractivity contribution in [3.63, 3.8) is 0 Å². The Labute approximate surface area is 178 Å². The summed E-state index contributed by atoms with van der Waals surface area (Å²) in [5.41, 5.74) is 3.41. The largest absolute Gasteiger partial charge is 0.443 e. The highest BCUT2D eigenvalue weighted by atomic mass is 32.1. The van der Waals surface area contributed by atoms with Gasteiger partial charge >= 0.3 is 12.2 Å². The molecule has 1 atom stereocenters. The fourth-order valence-electron chi connectivity index (χ4n) is 3.64. The fourth-order valence-corrected chi connectivity index (χ4v) is 4.43. The molecule has 31 heavy (non-hydrogen) atoms. The maximum atomic E-state index is 12.8. The Hall–Kier alpha value is -3.53. The van der Waals surface area contributed by atoms with E-state index in [2.05, 4.69) is 15.3 Å². The van der Waals surface area contributed by atoms with Gasteiger partial charge in [0.05, 0.1) is 10.6 Å². The second-order valence-corrected chi connectivity index (χ2v) is 8.08. The van der Waals surface area contributed by atoms with Crippen LogP contribution in [0.25, 0.3) is 10.4 Å². The van der Waals surface area contributed by atoms with Crippen LogP contribution in [0.4, 0.5) is 29.3 Å². The van der Waals surface area contributed by atoms with E-state index >= 15 is 0 Å². The van der Waals surface area contributed by atoms with Crippen LogP contribution in [-0.2, 0) is 17.4 Å². The first-order valence-corrected chi connectivity index (χ1v) is 10.1. The van der Waals surface area contributed by atoms with E-state index in [0.29, 0.717) is 33.0 Å². The van der Waals surface area contributed by atoms with Crippen molar-refractivity contribution in [2.75, 3.05) is 4.90 Å². The number of hydrogen-bond acceptors (Lipinski definition) is 5. The number of carbonyl (C=O) groups excluding carboxylic acids is 2. The van der Waals surface area contributed by atoms with Gasteiger partial charge in [0.1, 0.15) is 6.04 Å². The van der Waals surface area contributed by atoms with Crippen molar-refractivity contribution < 1.29 is 22.8 Å². The molecule has 10 heteroatoms. The predicted molar refractivity (Wildman–Crippen MR) is 110 cm³/mol. The summed E-state index contributed by atoms with van der Waals surface area (Å²) < 4.78 is 38.4. The number of urea groups is 1. The molecule has 1 fully saturated rings. The number of rotatable bonds is 3. The van der Waals surface area contributed by atoms with Gasteiger partial charge in [-0.1, -0.05) is 30.3 Å². The minimum atomic E-state index is -4.49. The number of aromatic nitrogens is 1. The molecular formula is C21H13F3N4O2S. The Morgan fingerprint density at radius 1 is 1.10 bits per heavy atom. The molecule has 0 aliphatic carbocycles. The number of nitrogens with one attached hydrogen (secondary N) is 1. The van der Waals surface area contributed by atoms with Gasteiger partial charge in [-0.15, -0.1) is 11.3 Å². The minimum Gasteiger partial charge on any atom is -0.277 e. The van der Waals surface area contributed by atoms with Gasteiger partial charge < -0.3 is 0 Å². The molecule has 3 amide bonds. The van der Waals surface area contributed by atoms with Crippen LogP contribution in [0, 0.1) is 0 Å². The Balaban J connectivity index is 1.47. The Kier molecular flexibility index (Phi) is 4.40. The SMILES string of the molecule is O=C1NC(=O)N(c2ccc3c(c2)N=CC3)C1c1ccc(-c2cnc(C(F)(F)F)s2)cc1. The van der Waals surface area contributed by atoms with Gasteiger partial charge in [-0.05, 0) is 28.8 Å². The summed E-state index contributed by atoms with van der Waals surface area (Å²) in [6, 6.07) is 10.4. The molecule has 0 bridgehead atoms. The van der Waals surface area contributed by atoms with Gasteiger partial charge in [-0.2, -0.15) is 13.2 Å². The second-order valence-electron chi connectivity index (χ2n) is 7.05. The van der Waals surface area contributed by atoms with Gasteiger partial charge in [0.2, 0.25) is 0 Å². The van der Waals surface area contributed by atoms with E-state index in [0.717, 1.165) is 17.7 Å². The lowest BCUT2D eigenvalue weighted by Gasteiger charge is -2.22. The van der Waals surface area contributed by atoms with Gasteiger partial charge in [0, 0.05) is 24.5 Å². The molecule has 2 aromatic carbocycles. The fraction of sp³-hybridized carbons (Fsp3) is 0.143. The summed E-state index contributed by atoms with van der Waals surface area (Å²) in [4.78, 5) is 34.5. The highest BCUT2D eigenvalue weighted by molar-refractivity contribution is 7.15. The highest BCUT2D eigenvalue weighted by Crippen LogP contribution is 2.38. The van der Waals surface area contributed by atoms with Gasteiger partial charge in [0.25, 0.3) is 5.91 Å². The lowest BCUT2D eigenvalue weighted by molar-refractivity contribution is -0.137. The predicted octanol–water partition coefficient (Wildman–Crippen LogP) is 4.88. The normalized spacial score (nSPS) is 17.9. The van der Waals surface area contributed by atoms with Crippen molar-refractivity contribution in [1.29, 1.82) is 0 Å². The first-order chi connectivity index (χ1) is 14.8.